The molecule has 34 heavy (non-hydrogen) atoms. The molecule has 6 heteroatoms. The van der Waals surface area contributed by atoms with Crippen LogP contribution in [-0.2, 0) is 13.1 Å². The Labute approximate surface area is 214 Å². The molecule has 5 rings (SSSR count). The summed E-state index contributed by atoms with van der Waals surface area (Å²) in [7, 11) is 9.53. The van der Waals surface area contributed by atoms with E-state index in [0.29, 0.717) is 5.92 Å². The van der Waals surface area contributed by atoms with E-state index in [1.54, 1.807) is 0 Å². The number of rotatable bonds is 4. The van der Waals surface area contributed by atoms with Gasteiger partial charge in [-0.3, -0.25) is 9.98 Å². The van der Waals surface area contributed by atoms with Crippen LogP contribution >= 0.6 is 20.2 Å². The second-order valence-electron chi connectivity index (χ2n) is 8.21. The van der Waals surface area contributed by atoms with Gasteiger partial charge in [-0.05, 0) is 47.9 Å². The van der Waals surface area contributed by atoms with Crippen molar-refractivity contribution in [3.8, 4) is 0 Å². The second-order valence-corrected chi connectivity index (χ2v) is 10.0. The van der Waals surface area contributed by atoms with Crippen molar-refractivity contribution in [2.24, 2.45) is 15.9 Å². The minimum absolute atomic E-state index is 0.194. The van der Waals surface area contributed by atoms with Crippen LogP contribution in [0, 0.1) is 5.92 Å². The number of benzene rings is 3. The molecular weight excluding hydrogens is 505 g/mol. The van der Waals surface area contributed by atoms with Crippen LogP contribution in [0.15, 0.2) is 100 Å². The molecule has 1 unspecified atom stereocenters. The molecule has 174 valence electrons. The van der Waals surface area contributed by atoms with Gasteiger partial charge in [-0.1, -0.05) is 67.6 Å². The van der Waals surface area contributed by atoms with Crippen molar-refractivity contribution in [1.82, 2.24) is 4.98 Å². The number of aliphatic imine (C=N–C) groups is 2. The van der Waals surface area contributed by atoms with Gasteiger partial charge in [0, 0.05) is 22.4 Å². The first kappa shape index (κ1) is 24.5. The summed E-state index contributed by atoms with van der Waals surface area (Å²) in [6, 6.07) is 23.1. The van der Waals surface area contributed by atoms with E-state index in [1.807, 2.05) is 24.6 Å². The monoisotopic (exact) mass is 529 g/mol. The molecule has 4 aromatic rings. The summed E-state index contributed by atoms with van der Waals surface area (Å²) >= 11 is 0.194. The second kappa shape index (κ2) is 11.7. The number of aromatic nitrogens is 1. The van der Waals surface area contributed by atoms with Gasteiger partial charge in [0.05, 0.1) is 29.5 Å². The third kappa shape index (κ3) is 5.71. The van der Waals surface area contributed by atoms with E-state index in [4.69, 9.17) is 30.2 Å². The van der Waals surface area contributed by atoms with Crippen molar-refractivity contribution in [3.05, 3.63) is 102 Å². The van der Waals surface area contributed by atoms with Gasteiger partial charge in [0.25, 0.3) is 0 Å². The Hall–Kier alpha value is -2.62. The van der Waals surface area contributed by atoms with Gasteiger partial charge in [0.15, 0.2) is 0 Å². The minimum atomic E-state index is 0.194. The average Bonchev–Trinajstić information content (AvgIpc) is 3.30. The number of H-pyrrole nitrogens is 1. The van der Waals surface area contributed by atoms with Crippen LogP contribution in [0.1, 0.15) is 31.7 Å². The molecule has 0 aliphatic heterocycles. The molecule has 1 heterocycles. The van der Waals surface area contributed by atoms with Crippen LogP contribution in [0.3, 0.4) is 0 Å². The zero-order valence-corrected chi connectivity index (χ0v) is 21.6. The molecule has 0 amide bonds. The van der Waals surface area contributed by atoms with Gasteiger partial charge in [-0.15, -0.1) is 0 Å². The molecule has 1 aliphatic rings. The Morgan fingerprint density at radius 1 is 0.882 bits per heavy atom. The third-order valence-corrected chi connectivity index (χ3v) is 5.88. The summed E-state index contributed by atoms with van der Waals surface area (Å²) in [6.45, 7) is 4.35. The van der Waals surface area contributed by atoms with Gasteiger partial charge in [-0.25, -0.2) is 0 Å². The standard InChI is InChI=1S/C28H25N3.2ClH.Fe/c1-19-8-7-9-20(2)27(19)29-17-23-14-15-24(31-23)18-30-28-25-12-5-3-10-21(25)16-22-11-4-6-13-26(22)28;;;/h3-8,10-18,20,31H,9H2,1-2H3;2*1H;/q;;;+2/p-2. The summed E-state index contributed by atoms with van der Waals surface area (Å²) in [6.07, 6.45) is 9.25. The molecule has 3 nitrogen and oxygen atoms in total. The van der Waals surface area contributed by atoms with E-state index >= 15 is 0 Å². The Kier molecular flexibility index (Phi) is 8.42. The molecule has 1 N–H and O–H groups in total. The molecule has 0 bridgehead atoms. The Morgan fingerprint density at radius 3 is 2.03 bits per heavy atom. The van der Waals surface area contributed by atoms with E-state index < -0.39 is 0 Å². The zero-order chi connectivity index (χ0) is 23.9. The Morgan fingerprint density at radius 2 is 1.44 bits per heavy atom. The topological polar surface area (TPSA) is 40.5 Å². The van der Waals surface area contributed by atoms with Crippen molar-refractivity contribution in [2.75, 3.05) is 0 Å². The molecule has 1 aliphatic carbocycles. The summed E-state index contributed by atoms with van der Waals surface area (Å²) in [5.74, 6) is 0.455. The SMILES string of the molecule is CC1=C(N=Cc2ccc(C=Nc3c4ccccc4cc4ccccc34)[nH]2)C(C)CC=C1.[Cl][Fe][Cl]. The molecule has 0 radical (unpaired) electrons. The van der Waals surface area contributed by atoms with Gasteiger partial charge >= 0.3 is 33.3 Å². The van der Waals surface area contributed by atoms with Crippen molar-refractivity contribution < 1.29 is 13.1 Å². The fourth-order valence-corrected chi connectivity index (χ4v) is 4.25. The molecule has 1 aromatic heterocycles. The quantitative estimate of drug-likeness (QED) is 0.156. The number of allylic oxidation sites excluding steroid dienone is 4. The van der Waals surface area contributed by atoms with Crippen molar-refractivity contribution in [3.63, 3.8) is 0 Å². The number of nitrogens with zero attached hydrogens (tertiary/aromatic N) is 2. The fraction of sp³-hybridized carbons (Fsp3) is 0.143. The van der Waals surface area contributed by atoms with E-state index in [1.165, 1.54) is 16.3 Å². The van der Waals surface area contributed by atoms with Gasteiger partial charge in [-0.2, -0.15) is 0 Å². The molecule has 0 saturated carbocycles. The molecule has 0 fully saturated rings. The maximum absolute atomic E-state index is 4.90. The predicted octanol–water partition coefficient (Wildman–Crippen LogP) is 8.74. The number of halogens is 2. The van der Waals surface area contributed by atoms with Gasteiger partial charge in [0.1, 0.15) is 0 Å². The Balaban J connectivity index is 0.000000868. The van der Waals surface area contributed by atoms with E-state index in [-0.39, 0.29) is 13.1 Å². The normalized spacial score (nSPS) is 16.2. The van der Waals surface area contributed by atoms with Crippen molar-refractivity contribution >= 4 is 59.9 Å². The van der Waals surface area contributed by atoms with Crippen LogP contribution in [0.25, 0.3) is 21.5 Å². The molecule has 0 saturated heterocycles. The molecule has 1 atom stereocenters. The predicted molar refractivity (Wildman–Crippen MR) is 144 cm³/mol. The van der Waals surface area contributed by atoms with E-state index in [2.05, 4.69) is 85.6 Å². The number of hydrogen-bond donors (Lipinski definition) is 1. The number of aromatic amines is 1. The number of nitrogens with one attached hydrogen (secondary N) is 1. The first-order valence-corrected chi connectivity index (χ1v) is 14.0. The fourth-order valence-electron chi connectivity index (χ4n) is 4.25. The van der Waals surface area contributed by atoms with Crippen LogP contribution in [0.2, 0.25) is 0 Å². The van der Waals surface area contributed by atoms with E-state index in [0.717, 1.165) is 40.0 Å². The van der Waals surface area contributed by atoms with Crippen LogP contribution in [-0.4, -0.2) is 17.4 Å². The van der Waals surface area contributed by atoms with Gasteiger partial charge in [0.2, 0.25) is 0 Å². The van der Waals surface area contributed by atoms with Crippen molar-refractivity contribution in [2.45, 2.75) is 20.3 Å². The first-order valence-electron chi connectivity index (χ1n) is 11.0. The maximum atomic E-state index is 4.90. The zero-order valence-electron chi connectivity index (χ0n) is 18.9. The molecular formula is C28H25Cl2FeN3. The molecule has 3 aromatic carbocycles. The third-order valence-electron chi connectivity index (χ3n) is 5.88. The Bertz CT molecular complexity index is 1360. The van der Waals surface area contributed by atoms with Crippen LogP contribution in [0.4, 0.5) is 5.69 Å². The van der Waals surface area contributed by atoms with Gasteiger partial charge < -0.3 is 4.98 Å². The summed E-state index contributed by atoms with van der Waals surface area (Å²) < 4.78 is 0. The molecule has 0 spiro atoms. The number of fused-ring (bicyclic) bond motifs is 2. The van der Waals surface area contributed by atoms with Crippen LogP contribution < -0.4 is 0 Å². The van der Waals surface area contributed by atoms with E-state index in [9.17, 15) is 0 Å². The van der Waals surface area contributed by atoms with Crippen LogP contribution in [0.5, 0.6) is 0 Å². The average molecular weight is 530 g/mol. The summed E-state index contributed by atoms with van der Waals surface area (Å²) in [5, 5.41) is 4.72. The summed E-state index contributed by atoms with van der Waals surface area (Å²) in [5.41, 5.74) is 5.34. The number of hydrogen-bond acceptors (Lipinski definition) is 2. The first-order chi connectivity index (χ1) is 16.6. The summed E-state index contributed by atoms with van der Waals surface area (Å²) in [4.78, 5) is 13.1. The van der Waals surface area contributed by atoms with Crippen molar-refractivity contribution in [1.29, 1.82) is 0 Å².